The van der Waals surface area contributed by atoms with E-state index >= 15 is 0 Å². The maximum atomic E-state index is 12.3. The molecule has 2 aromatic heterocycles. The number of fused-ring (bicyclic) bond motifs is 1. The summed E-state index contributed by atoms with van der Waals surface area (Å²) < 4.78 is 15.8. The monoisotopic (exact) mass is 383 g/mol. The van der Waals surface area contributed by atoms with Gasteiger partial charge in [0.2, 0.25) is 5.95 Å². The van der Waals surface area contributed by atoms with Crippen LogP contribution in [-0.4, -0.2) is 66.2 Å². The molecule has 0 atom stereocenters. The molecule has 0 bridgehead atoms. The Morgan fingerprint density at radius 1 is 1.14 bits per heavy atom. The average Bonchev–Trinajstić information content (AvgIpc) is 3.27. The van der Waals surface area contributed by atoms with Crippen molar-refractivity contribution in [3.05, 3.63) is 42.5 Å². The lowest BCUT2D eigenvalue weighted by atomic mass is 10.2. The molecule has 1 aliphatic heterocycles. The Balaban J connectivity index is 1.42. The number of amides is 1. The van der Waals surface area contributed by atoms with Crippen LogP contribution in [0.25, 0.3) is 10.9 Å². The summed E-state index contributed by atoms with van der Waals surface area (Å²) in [7, 11) is 3.18. The van der Waals surface area contributed by atoms with Gasteiger partial charge in [0.25, 0.3) is 5.91 Å². The van der Waals surface area contributed by atoms with Crippen LogP contribution in [0.1, 0.15) is 10.6 Å². The van der Waals surface area contributed by atoms with Gasteiger partial charge in [0.15, 0.2) is 17.3 Å². The van der Waals surface area contributed by atoms with E-state index in [4.69, 9.17) is 13.9 Å². The molecule has 0 aliphatic carbocycles. The molecule has 4 rings (SSSR count). The molecule has 3 heterocycles. The lowest BCUT2D eigenvalue weighted by molar-refractivity contribution is 0.0630. The minimum absolute atomic E-state index is 0.0901. The van der Waals surface area contributed by atoms with E-state index in [2.05, 4.69) is 15.4 Å². The number of hydrogen-bond donors (Lipinski definition) is 1. The van der Waals surface area contributed by atoms with Crippen LogP contribution >= 0.6 is 0 Å². The molecule has 1 fully saturated rings. The van der Waals surface area contributed by atoms with E-state index in [0.717, 1.165) is 10.9 Å². The minimum Gasteiger partial charge on any atom is -0.493 e. The van der Waals surface area contributed by atoms with Gasteiger partial charge in [-0.2, -0.15) is 0 Å². The average molecular weight is 383 g/mol. The van der Waals surface area contributed by atoms with Crippen molar-refractivity contribution in [1.29, 1.82) is 0 Å². The van der Waals surface area contributed by atoms with Gasteiger partial charge in [-0.1, -0.05) is 0 Å². The highest BCUT2D eigenvalue weighted by molar-refractivity contribution is 5.91. The van der Waals surface area contributed by atoms with Crippen LogP contribution in [0.4, 0.5) is 5.95 Å². The Morgan fingerprint density at radius 3 is 2.57 bits per heavy atom. The van der Waals surface area contributed by atoms with Crippen LogP contribution in [0.5, 0.6) is 11.5 Å². The van der Waals surface area contributed by atoms with E-state index in [1.807, 2.05) is 17.1 Å². The van der Waals surface area contributed by atoms with Crippen molar-refractivity contribution in [2.45, 2.75) is 0 Å². The first-order valence-corrected chi connectivity index (χ1v) is 8.91. The molecule has 0 unspecified atom stereocenters. The number of hydrazine groups is 1. The minimum atomic E-state index is -0.0901. The Kier molecular flexibility index (Phi) is 4.98. The molecule has 0 radical (unpaired) electrons. The second-order valence-electron chi connectivity index (χ2n) is 6.33. The molecule has 0 spiro atoms. The number of piperazine rings is 1. The summed E-state index contributed by atoms with van der Waals surface area (Å²) in [5, 5.41) is 2.85. The standard InChI is InChI=1S/C19H21N5O4/c1-26-16-10-13-12-20-19(21-14(13)11-17(16)27-2)22-24-7-5-23(6-8-24)18(25)15-4-3-9-28-15/h3-4,9-12H,5-8H2,1-2H3,(H,20,21,22). The van der Waals surface area contributed by atoms with Crippen molar-refractivity contribution in [3.8, 4) is 11.5 Å². The fourth-order valence-electron chi connectivity index (χ4n) is 3.13. The molecule has 146 valence electrons. The number of aromatic nitrogens is 2. The Morgan fingerprint density at radius 2 is 1.89 bits per heavy atom. The topological polar surface area (TPSA) is 93.0 Å². The van der Waals surface area contributed by atoms with Gasteiger partial charge in [0.05, 0.1) is 26.0 Å². The van der Waals surface area contributed by atoms with Gasteiger partial charge in [-0.15, -0.1) is 0 Å². The van der Waals surface area contributed by atoms with E-state index in [1.54, 1.807) is 37.4 Å². The number of nitrogens with zero attached hydrogens (tertiary/aromatic N) is 4. The quantitative estimate of drug-likeness (QED) is 0.715. The smallest absolute Gasteiger partial charge is 0.289 e. The predicted octanol–water partition coefficient (Wildman–Crippen LogP) is 2.02. The second kappa shape index (κ2) is 7.73. The van der Waals surface area contributed by atoms with E-state index in [-0.39, 0.29) is 5.91 Å². The van der Waals surface area contributed by atoms with Gasteiger partial charge in [-0.25, -0.2) is 15.0 Å². The summed E-state index contributed by atoms with van der Waals surface area (Å²) in [5.41, 5.74) is 3.96. The van der Waals surface area contributed by atoms with Gasteiger partial charge in [-0.3, -0.25) is 10.2 Å². The summed E-state index contributed by atoms with van der Waals surface area (Å²) in [5.74, 6) is 2.02. The fraction of sp³-hybridized carbons (Fsp3) is 0.316. The van der Waals surface area contributed by atoms with Gasteiger partial charge in [0, 0.05) is 43.8 Å². The van der Waals surface area contributed by atoms with E-state index in [9.17, 15) is 4.79 Å². The van der Waals surface area contributed by atoms with Gasteiger partial charge < -0.3 is 18.8 Å². The van der Waals surface area contributed by atoms with E-state index < -0.39 is 0 Å². The maximum Gasteiger partial charge on any atom is 0.289 e. The molecule has 1 N–H and O–H groups in total. The third-order valence-electron chi connectivity index (χ3n) is 4.64. The highest BCUT2D eigenvalue weighted by Gasteiger charge is 2.24. The van der Waals surface area contributed by atoms with Crippen LogP contribution in [0.3, 0.4) is 0 Å². The summed E-state index contributed by atoms with van der Waals surface area (Å²) >= 11 is 0. The largest absolute Gasteiger partial charge is 0.493 e. The molecular formula is C19H21N5O4. The number of carbonyl (C=O) groups excluding carboxylic acids is 1. The number of benzene rings is 1. The second-order valence-corrected chi connectivity index (χ2v) is 6.33. The number of rotatable bonds is 5. The first-order chi connectivity index (χ1) is 13.7. The number of anilines is 1. The SMILES string of the molecule is COc1cc2cnc(NN3CCN(C(=O)c4ccco4)CC3)nc2cc1OC. The maximum absolute atomic E-state index is 12.3. The molecule has 0 saturated carbocycles. The molecule has 1 aromatic carbocycles. The predicted molar refractivity (Wildman–Crippen MR) is 102 cm³/mol. The molecule has 1 aliphatic rings. The van der Waals surface area contributed by atoms with Gasteiger partial charge in [0.1, 0.15) is 0 Å². The van der Waals surface area contributed by atoms with Crippen LogP contribution in [0.2, 0.25) is 0 Å². The zero-order valence-electron chi connectivity index (χ0n) is 15.7. The molecule has 3 aromatic rings. The van der Waals surface area contributed by atoms with Crippen molar-refractivity contribution in [3.63, 3.8) is 0 Å². The molecule has 1 saturated heterocycles. The summed E-state index contributed by atoms with van der Waals surface area (Å²) in [6, 6.07) is 7.06. The van der Waals surface area contributed by atoms with Crippen molar-refractivity contribution in [2.75, 3.05) is 45.8 Å². The summed E-state index contributed by atoms with van der Waals surface area (Å²) in [4.78, 5) is 23.0. The lowest BCUT2D eigenvalue weighted by Gasteiger charge is -2.34. The molecule has 9 heteroatoms. The highest BCUT2D eigenvalue weighted by atomic mass is 16.5. The highest BCUT2D eigenvalue weighted by Crippen LogP contribution is 2.31. The van der Waals surface area contributed by atoms with Crippen molar-refractivity contribution < 1.29 is 18.7 Å². The zero-order chi connectivity index (χ0) is 19.5. The number of nitrogens with one attached hydrogen (secondary N) is 1. The van der Waals surface area contributed by atoms with Gasteiger partial charge >= 0.3 is 0 Å². The first-order valence-electron chi connectivity index (χ1n) is 8.91. The molecule has 28 heavy (non-hydrogen) atoms. The van der Waals surface area contributed by atoms with Crippen molar-refractivity contribution >= 4 is 22.8 Å². The normalized spacial score (nSPS) is 14.9. The van der Waals surface area contributed by atoms with Crippen LogP contribution in [0, 0.1) is 0 Å². The van der Waals surface area contributed by atoms with Crippen LogP contribution < -0.4 is 14.9 Å². The van der Waals surface area contributed by atoms with Crippen LogP contribution in [-0.2, 0) is 0 Å². The Hall–Kier alpha value is -3.33. The Labute approximate surface area is 161 Å². The van der Waals surface area contributed by atoms with E-state index in [0.29, 0.717) is 49.4 Å². The first kappa shape index (κ1) is 18.1. The van der Waals surface area contributed by atoms with Crippen molar-refractivity contribution in [1.82, 2.24) is 19.9 Å². The molecule has 1 amide bonds. The number of hydrogen-bond acceptors (Lipinski definition) is 8. The number of methoxy groups -OCH3 is 2. The fourth-order valence-corrected chi connectivity index (χ4v) is 3.13. The summed E-state index contributed by atoms with van der Waals surface area (Å²) in [6.45, 7) is 2.48. The van der Waals surface area contributed by atoms with Crippen LogP contribution in [0.15, 0.2) is 41.1 Å². The summed E-state index contributed by atoms with van der Waals surface area (Å²) in [6.07, 6.45) is 3.25. The molecular weight excluding hydrogens is 362 g/mol. The zero-order valence-corrected chi connectivity index (χ0v) is 15.7. The third kappa shape index (κ3) is 3.56. The number of furan rings is 1. The number of carbonyl (C=O) groups is 1. The van der Waals surface area contributed by atoms with E-state index in [1.165, 1.54) is 6.26 Å². The lowest BCUT2D eigenvalue weighted by Crippen LogP contribution is -2.50. The number of ether oxygens (including phenoxy) is 2. The Bertz CT molecular complexity index is 968. The third-order valence-corrected chi connectivity index (χ3v) is 4.64. The van der Waals surface area contributed by atoms with Crippen molar-refractivity contribution in [2.24, 2.45) is 0 Å². The van der Waals surface area contributed by atoms with Gasteiger partial charge in [-0.05, 0) is 18.2 Å². The molecule has 9 nitrogen and oxygen atoms in total.